The van der Waals surface area contributed by atoms with Crippen LogP contribution in [0.2, 0.25) is 0 Å². The molecule has 1 aromatic rings. The number of tetrazole rings is 1. The summed E-state index contributed by atoms with van der Waals surface area (Å²) in [5.41, 5.74) is 0. The van der Waals surface area contributed by atoms with Crippen LogP contribution in [0.15, 0.2) is 12.2 Å². The number of ketones is 1. The zero-order valence-electron chi connectivity index (χ0n) is 8.64. The maximum Gasteiger partial charge on any atom is 0.157 e. The molecule has 76 valence electrons. The van der Waals surface area contributed by atoms with Gasteiger partial charge in [-0.25, -0.2) is 4.68 Å². The van der Waals surface area contributed by atoms with Gasteiger partial charge in [-0.15, -0.1) is 5.10 Å². The number of carbonyl (C=O) groups excluding carboxylic acids is 1. The lowest BCUT2D eigenvalue weighted by molar-refractivity contribution is -0.117. The molecule has 0 aliphatic carbocycles. The van der Waals surface area contributed by atoms with Gasteiger partial charge in [0.1, 0.15) is 5.82 Å². The minimum Gasteiger partial charge on any atom is -0.295 e. The van der Waals surface area contributed by atoms with Gasteiger partial charge < -0.3 is 0 Å². The van der Waals surface area contributed by atoms with Crippen molar-refractivity contribution in [2.24, 2.45) is 5.92 Å². The monoisotopic (exact) mass is 194 g/mol. The van der Waals surface area contributed by atoms with Gasteiger partial charge in [0.05, 0.1) is 6.54 Å². The van der Waals surface area contributed by atoms with Crippen molar-refractivity contribution in [3.8, 4) is 0 Å². The summed E-state index contributed by atoms with van der Waals surface area (Å²) >= 11 is 0. The summed E-state index contributed by atoms with van der Waals surface area (Å²) in [5.74, 6) is 0.906. The van der Waals surface area contributed by atoms with Crippen molar-refractivity contribution in [3.63, 3.8) is 0 Å². The smallest absolute Gasteiger partial charge is 0.157 e. The Balaban J connectivity index is 2.49. The Kier molecular flexibility index (Phi) is 3.50. The normalized spacial score (nSPS) is 11.4. The summed E-state index contributed by atoms with van der Waals surface area (Å²) in [4.78, 5) is 11.2. The molecule has 1 aromatic heterocycles. The van der Waals surface area contributed by atoms with Crippen LogP contribution in [0.25, 0.3) is 0 Å². The standard InChI is InChI=1S/C9H14N4O/c1-7(2)9(14)5-4-6-13-8(3)10-11-12-13/h4-5,7H,6H2,1-3H3/b5-4+. The van der Waals surface area contributed by atoms with E-state index in [4.69, 9.17) is 0 Å². The predicted octanol–water partition coefficient (Wildman–Crippen LogP) is 0.763. The Labute approximate surface area is 82.8 Å². The van der Waals surface area contributed by atoms with Gasteiger partial charge in [-0.05, 0) is 23.4 Å². The van der Waals surface area contributed by atoms with Gasteiger partial charge in [-0.3, -0.25) is 4.79 Å². The summed E-state index contributed by atoms with van der Waals surface area (Å²) in [6.45, 7) is 6.10. The van der Waals surface area contributed by atoms with E-state index in [0.717, 1.165) is 5.82 Å². The molecule has 0 aliphatic rings. The lowest BCUT2D eigenvalue weighted by Crippen LogP contribution is -2.04. The van der Waals surface area contributed by atoms with Crippen molar-refractivity contribution in [1.82, 2.24) is 20.2 Å². The number of allylic oxidation sites excluding steroid dienone is 2. The Morgan fingerprint density at radius 1 is 1.57 bits per heavy atom. The molecule has 0 radical (unpaired) electrons. The van der Waals surface area contributed by atoms with Crippen molar-refractivity contribution in [3.05, 3.63) is 18.0 Å². The Morgan fingerprint density at radius 2 is 2.29 bits per heavy atom. The molecule has 0 bridgehead atoms. The maximum atomic E-state index is 11.2. The number of carbonyl (C=O) groups is 1. The van der Waals surface area contributed by atoms with Crippen LogP contribution in [0, 0.1) is 12.8 Å². The highest BCUT2D eigenvalue weighted by Gasteiger charge is 2.01. The molecular formula is C9H14N4O. The topological polar surface area (TPSA) is 60.7 Å². The summed E-state index contributed by atoms with van der Waals surface area (Å²) in [7, 11) is 0. The van der Waals surface area contributed by atoms with Gasteiger partial charge in [-0.2, -0.15) is 0 Å². The first-order valence-electron chi connectivity index (χ1n) is 4.54. The Bertz CT molecular complexity index is 340. The second-order valence-electron chi connectivity index (χ2n) is 3.37. The number of aryl methyl sites for hydroxylation is 1. The number of aromatic nitrogens is 4. The number of hydrogen-bond acceptors (Lipinski definition) is 4. The second-order valence-corrected chi connectivity index (χ2v) is 3.37. The highest BCUT2D eigenvalue weighted by atomic mass is 16.1. The van der Waals surface area contributed by atoms with Gasteiger partial charge in [0.2, 0.25) is 0 Å². The first kappa shape index (κ1) is 10.6. The Morgan fingerprint density at radius 3 is 2.79 bits per heavy atom. The average molecular weight is 194 g/mol. The molecule has 0 unspecified atom stereocenters. The molecule has 0 aliphatic heterocycles. The molecule has 5 heteroatoms. The summed E-state index contributed by atoms with van der Waals surface area (Å²) < 4.78 is 1.63. The van der Waals surface area contributed by atoms with Gasteiger partial charge in [0.25, 0.3) is 0 Å². The van der Waals surface area contributed by atoms with Crippen LogP contribution in [0.3, 0.4) is 0 Å². The van der Waals surface area contributed by atoms with Crippen LogP contribution in [-0.4, -0.2) is 26.0 Å². The highest BCUT2D eigenvalue weighted by Crippen LogP contribution is 1.96. The van der Waals surface area contributed by atoms with E-state index < -0.39 is 0 Å². The first-order valence-corrected chi connectivity index (χ1v) is 4.54. The van der Waals surface area contributed by atoms with Gasteiger partial charge >= 0.3 is 0 Å². The molecule has 0 fully saturated rings. The lowest BCUT2D eigenvalue weighted by Gasteiger charge is -1.97. The maximum absolute atomic E-state index is 11.2. The summed E-state index contributed by atoms with van der Waals surface area (Å²) in [6, 6.07) is 0. The number of nitrogens with zero attached hydrogens (tertiary/aromatic N) is 4. The summed E-state index contributed by atoms with van der Waals surface area (Å²) in [6.07, 6.45) is 3.34. The van der Waals surface area contributed by atoms with Crippen molar-refractivity contribution in [2.45, 2.75) is 27.3 Å². The Hall–Kier alpha value is -1.52. The van der Waals surface area contributed by atoms with E-state index in [2.05, 4.69) is 15.5 Å². The van der Waals surface area contributed by atoms with Crippen LogP contribution in [0.4, 0.5) is 0 Å². The van der Waals surface area contributed by atoms with Crippen molar-refractivity contribution in [1.29, 1.82) is 0 Å². The molecular weight excluding hydrogens is 180 g/mol. The molecule has 0 spiro atoms. The highest BCUT2D eigenvalue weighted by molar-refractivity contribution is 5.91. The minimum absolute atomic E-state index is 0.0428. The SMILES string of the molecule is Cc1nnnn1C/C=C/C(=O)C(C)C. The van der Waals surface area contributed by atoms with Gasteiger partial charge in [0, 0.05) is 5.92 Å². The fourth-order valence-corrected chi connectivity index (χ4v) is 0.879. The van der Waals surface area contributed by atoms with Crippen LogP contribution in [0.5, 0.6) is 0 Å². The number of rotatable bonds is 4. The van der Waals surface area contributed by atoms with Crippen molar-refractivity contribution >= 4 is 5.78 Å². The van der Waals surface area contributed by atoms with Crippen LogP contribution in [0.1, 0.15) is 19.7 Å². The molecule has 1 heterocycles. The minimum atomic E-state index is 0.0428. The molecule has 14 heavy (non-hydrogen) atoms. The molecule has 0 amide bonds. The largest absolute Gasteiger partial charge is 0.295 e. The fourth-order valence-electron chi connectivity index (χ4n) is 0.879. The van der Waals surface area contributed by atoms with E-state index in [0.29, 0.717) is 6.54 Å². The molecule has 5 nitrogen and oxygen atoms in total. The zero-order chi connectivity index (χ0) is 10.6. The van der Waals surface area contributed by atoms with Crippen LogP contribution < -0.4 is 0 Å². The molecule has 0 atom stereocenters. The third-order valence-corrected chi connectivity index (χ3v) is 1.84. The predicted molar refractivity (Wildman–Crippen MR) is 51.5 cm³/mol. The first-order chi connectivity index (χ1) is 6.61. The van der Waals surface area contributed by atoms with Crippen LogP contribution >= 0.6 is 0 Å². The van der Waals surface area contributed by atoms with E-state index in [1.54, 1.807) is 16.8 Å². The van der Waals surface area contributed by atoms with E-state index >= 15 is 0 Å². The van der Waals surface area contributed by atoms with E-state index in [9.17, 15) is 4.79 Å². The third kappa shape index (κ3) is 2.76. The molecule has 0 aromatic carbocycles. The van der Waals surface area contributed by atoms with Gasteiger partial charge in [-0.1, -0.05) is 19.9 Å². The molecule has 0 saturated heterocycles. The van der Waals surface area contributed by atoms with E-state index in [1.807, 2.05) is 20.8 Å². The van der Waals surface area contributed by atoms with Crippen molar-refractivity contribution in [2.75, 3.05) is 0 Å². The van der Waals surface area contributed by atoms with Gasteiger partial charge in [0.15, 0.2) is 5.78 Å². The zero-order valence-corrected chi connectivity index (χ0v) is 8.64. The molecule has 0 saturated carbocycles. The quantitative estimate of drug-likeness (QED) is 0.664. The van der Waals surface area contributed by atoms with E-state index in [-0.39, 0.29) is 11.7 Å². The van der Waals surface area contributed by atoms with Crippen molar-refractivity contribution < 1.29 is 4.79 Å². The third-order valence-electron chi connectivity index (χ3n) is 1.84. The molecule has 0 N–H and O–H groups in total. The van der Waals surface area contributed by atoms with Crippen LogP contribution in [-0.2, 0) is 11.3 Å². The fraction of sp³-hybridized carbons (Fsp3) is 0.556. The average Bonchev–Trinajstić information content (AvgIpc) is 2.51. The number of hydrogen-bond donors (Lipinski definition) is 0. The molecule has 1 rings (SSSR count). The summed E-state index contributed by atoms with van der Waals surface area (Å²) in [5, 5.41) is 11.0. The lowest BCUT2D eigenvalue weighted by atomic mass is 10.1. The second kappa shape index (κ2) is 4.64. The van der Waals surface area contributed by atoms with E-state index in [1.165, 1.54) is 0 Å².